The van der Waals surface area contributed by atoms with Gasteiger partial charge in [-0.2, -0.15) is 0 Å². The number of rotatable bonds is 2. The first-order chi connectivity index (χ1) is 6.46. The predicted molar refractivity (Wildman–Crippen MR) is 61.1 cm³/mol. The molecule has 76 valence electrons. The third-order valence-electron chi connectivity index (χ3n) is 1.79. The van der Waals surface area contributed by atoms with Crippen LogP contribution in [-0.2, 0) is 9.84 Å². The molecule has 0 aromatic heterocycles. The molecule has 0 heterocycles. The molecule has 0 aliphatic carbocycles. The maximum Gasteiger partial charge on any atom is 0.213 e. The molecule has 0 N–H and O–H groups in total. The van der Waals surface area contributed by atoms with Crippen LogP contribution in [0.15, 0.2) is 35.2 Å². The lowest BCUT2D eigenvalue weighted by Gasteiger charge is -2.08. The van der Waals surface area contributed by atoms with E-state index in [0.29, 0.717) is 0 Å². The van der Waals surface area contributed by atoms with E-state index in [9.17, 15) is 8.42 Å². The van der Waals surface area contributed by atoms with Gasteiger partial charge in [0.15, 0.2) is 0 Å². The van der Waals surface area contributed by atoms with Crippen molar-refractivity contribution < 1.29 is 8.42 Å². The van der Waals surface area contributed by atoms with Gasteiger partial charge in [0.05, 0.1) is 4.90 Å². The van der Waals surface area contributed by atoms with Gasteiger partial charge in [0, 0.05) is 0 Å². The molecule has 0 saturated carbocycles. The highest BCUT2D eigenvalue weighted by Crippen LogP contribution is 2.16. The van der Waals surface area contributed by atoms with Crippen LogP contribution in [0.4, 0.5) is 0 Å². The summed E-state index contributed by atoms with van der Waals surface area (Å²) in [4.78, 5) is 0.277. The van der Waals surface area contributed by atoms with Crippen LogP contribution in [-0.4, -0.2) is 12.6 Å². The van der Waals surface area contributed by atoms with Crippen LogP contribution in [0.2, 0.25) is 0 Å². The fourth-order valence-electron chi connectivity index (χ4n) is 1.03. The fraction of sp³-hybridized carbons (Fsp3) is 0.300. The van der Waals surface area contributed by atoms with Gasteiger partial charge in [-0.15, -0.1) is 0 Å². The Hall–Kier alpha value is -0.740. The average Bonchev–Trinajstić information content (AvgIpc) is 2.18. The zero-order chi connectivity index (χ0) is 10.8. The monoisotopic (exact) mass is 228 g/mol. The quantitative estimate of drug-likeness (QED) is 0.729. The maximum absolute atomic E-state index is 11.8. The van der Waals surface area contributed by atoms with Crippen molar-refractivity contribution in [1.29, 1.82) is 0 Å². The summed E-state index contributed by atoms with van der Waals surface area (Å²) in [6.07, 6.45) is 0. The van der Waals surface area contributed by atoms with E-state index in [1.54, 1.807) is 44.2 Å². The minimum atomic E-state index is -3.41. The van der Waals surface area contributed by atoms with Crippen molar-refractivity contribution in [2.24, 2.45) is 5.92 Å². The summed E-state index contributed by atoms with van der Waals surface area (Å²) >= 11 is 4.91. The molecule has 4 heteroatoms. The minimum absolute atomic E-state index is 0.101. The van der Waals surface area contributed by atoms with E-state index in [1.165, 1.54) is 0 Å². The number of thiocarbonyl (C=S) groups is 1. The number of sulfone groups is 1. The second-order valence-corrected chi connectivity index (χ2v) is 5.91. The molecule has 0 saturated heterocycles. The van der Waals surface area contributed by atoms with Crippen molar-refractivity contribution in [2.75, 3.05) is 0 Å². The molecule has 0 aliphatic heterocycles. The van der Waals surface area contributed by atoms with E-state index in [2.05, 4.69) is 0 Å². The van der Waals surface area contributed by atoms with E-state index in [1.807, 2.05) is 0 Å². The first-order valence-electron chi connectivity index (χ1n) is 4.30. The summed E-state index contributed by atoms with van der Waals surface area (Å²) in [6.45, 7) is 3.56. The molecule has 0 atom stereocenters. The van der Waals surface area contributed by atoms with Crippen LogP contribution >= 0.6 is 12.2 Å². The SMILES string of the molecule is CC(C)C(=S)S(=O)(=O)c1ccccc1. The first kappa shape index (κ1) is 11.3. The summed E-state index contributed by atoms with van der Waals surface area (Å²) in [5.74, 6) is -0.129. The van der Waals surface area contributed by atoms with Crippen molar-refractivity contribution in [3.05, 3.63) is 30.3 Å². The molecule has 0 aliphatic rings. The molecule has 0 bridgehead atoms. The average molecular weight is 228 g/mol. The molecule has 0 unspecified atom stereocenters. The molecule has 14 heavy (non-hydrogen) atoms. The van der Waals surface area contributed by atoms with Crippen molar-refractivity contribution in [3.8, 4) is 0 Å². The lowest BCUT2D eigenvalue weighted by atomic mass is 10.3. The molecule has 1 aromatic carbocycles. The Balaban J connectivity index is 3.17. The second-order valence-electron chi connectivity index (χ2n) is 3.29. The van der Waals surface area contributed by atoms with Gasteiger partial charge in [-0.05, 0) is 18.1 Å². The van der Waals surface area contributed by atoms with Gasteiger partial charge in [-0.1, -0.05) is 44.3 Å². The van der Waals surface area contributed by atoms with E-state index in [4.69, 9.17) is 12.2 Å². The van der Waals surface area contributed by atoms with Crippen LogP contribution in [0, 0.1) is 5.92 Å². The summed E-state index contributed by atoms with van der Waals surface area (Å²) in [5, 5.41) is 0. The highest BCUT2D eigenvalue weighted by Gasteiger charge is 2.22. The first-order valence-corrected chi connectivity index (χ1v) is 6.19. The largest absolute Gasteiger partial charge is 0.218 e. The Morgan fingerprint density at radius 2 is 1.71 bits per heavy atom. The van der Waals surface area contributed by atoms with E-state index in [0.717, 1.165) is 0 Å². The molecule has 2 nitrogen and oxygen atoms in total. The van der Waals surface area contributed by atoms with Crippen molar-refractivity contribution >= 4 is 26.3 Å². The second kappa shape index (κ2) is 4.19. The lowest BCUT2D eigenvalue weighted by Crippen LogP contribution is -2.18. The van der Waals surface area contributed by atoms with E-state index < -0.39 is 9.84 Å². The Labute approximate surface area is 89.9 Å². The van der Waals surface area contributed by atoms with Crippen molar-refractivity contribution in [3.63, 3.8) is 0 Å². The number of hydrogen-bond donors (Lipinski definition) is 0. The smallest absolute Gasteiger partial charge is 0.213 e. The Morgan fingerprint density at radius 1 is 1.21 bits per heavy atom. The Kier molecular flexibility index (Phi) is 3.39. The van der Waals surface area contributed by atoms with Gasteiger partial charge in [0.25, 0.3) is 0 Å². The number of benzene rings is 1. The third-order valence-corrected chi connectivity index (χ3v) is 4.81. The zero-order valence-corrected chi connectivity index (χ0v) is 9.73. The topological polar surface area (TPSA) is 34.1 Å². The molecular formula is C10H12O2S2. The summed E-state index contributed by atoms with van der Waals surface area (Å²) < 4.78 is 23.8. The molecule has 0 fully saturated rings. The highest BCUT2D eigenvalue weighted by molar-refractivity contribution is 8.17. The molecular weight excluding hydrogens is 216 g/mol. The number of hydrogen-bond acceptors (Lipinski definition) is 3. The van der Waals surface area contributed by atoms with Gasteiger partial charge in [-0.25, -0.2) is 8.42 Å². The van der Waals surface area contributed by atoms with Gasteiger partial charge in [0.2, 0.25) is 9.84 Å². The molecule has 0 spiro atoms. The van der Waals surface area contributed by atoms with Gasteiger partial charge in [0.1, 0.15) is 4.20 Å². The fourth-order valence-corrected chi connectivity index (χ4v) is 2.68. The van der Waals surface area contributed by atoms with Gasteiger partial charge < -0.3 is 0 Å². The standard InChI is InChI=1S/C10H12O2S2/c1-8(2)10(13)14(11,12)9-6-4-3-5-7-9/h3-8H,1-2H3. The Bertz CT molecular complexity index is 419. The molecule has 1 rings (SSSR count). The van der Waals surface area contributed by atoms with Crippen LogP contribution in [0.3, 0.4) is 0 Å². The zero-order valence-electron chi connectivity index (χ0n) is 8.10. The molecule has 0 radical (unpaired) electrons. The summed E-state index contributed by atoms with van der Waals surface area (Å²) in [7, 11) is -3.41. The summed E-state index contributed by atoms with van der Waals surface area (Å²) in [5.41, 5.74) is 0. The maximum atomic E-state index is 11.8. The van der Waals surface area contributed by atoms with Crippen LogP contribution < -0.4 is 0 Å². The highest BCUT2D eigenvalue weighted by atomic mass is 32.2. The Morgan fingerprint density at radius 3 is 2.14 bits per heavy atom. The van der Waals surface area contributed by atoms with E-state index in [-0.39, 0.29) is 15.0 Å². The lowest BCUT2D eigenvalue weighted by molar-refractivity contribution is 0.606. The molecule has 0 amide bonds. The van der Waals surface area contributed by atoms with Crippen LogP contribution in [0.25, 0.3) is 0 Å². The van der Waals surface area contributed by atoms with Gasteiger partial charge >= 0.3 is 0 Å². The predicted octanol–water partition coefficient (Wildman–Crippen LogP) is 2.44. The molecule has 1 aromatic rings. The normalized spacial score (nSPS) is 11.6. The van der Waals surface area contributed by atoms with Crippen LogP contribution in [0.1, 0.15) is 13.8 Å². The van der Waals surface area contributed by atoms with Crippen molar-refractivity contribution in [2.45, 2.75) is 18.7 Å². The van der Waals surface area contributed by atoms with Crippen molar-refractivity contribution in [1.82, 2.24) is 0 Å². The van der Waals surface area contributed by atoms with Crippen LogP contribution in [0.5, 0.6) is 0 Å². The third kappa shape index (κ3) is 2.19. The van der Waals surface area contributed by atoms with Gasteiger partial charge in [-0.3, -0.25) is 0 Å². The van der Waals surface area contributed by atoms with E-state index >= 15 is 0 Å². The summed E-state index contributed by atoms with van der Waals surface area (Å²) in [6, 6.07) is 8.27. The minimum Gasteiger partial charge on any atom is -0.218 e.